The van der Waals surface area contributed by atoms with Crippen molar-refractivity contribution in [2.45, 2.75) is 6.43 Å². The van der Waals surface area contributed by atoms with E-state index in [0.29, 0.717) is 0 Å². The van der Waals surface area contributed by atoms with Crippen molar-refractivity contribution in [3.8, 4) is 0 Å². The minimum Gasteiger partial charge on any atom is -0.465 e. The average molecular weight is 331 g/mol. The van der Waals surface area contributed by atoms with Gasteiger partial charge in [0.25, 0.3) is 6.43 Å². The van der Waals surface area contributed by atoms with Crippen LogP contribution in [0.5, 0.6) is 0 Å². The molecular formula is C8H5F3INO2. The summed E-state index contributed by atoms with van der Waals surface area (Å²) in [7, 11) is 1.08. The molecule has 0 saturated carbocycles. The monoisotopic (exact) mass is 331 g/mol. The first kappa shape index (κ1) is 12.2. The van der Waals surface area contributed by atoms with Crippen molar-refractivity contribution in [2.75, 3.05) is 7.11 Å². The van der Waals surface area contributed by atoms with Crippen LogP contribution < -0.4 is 0 Å². The van der Waals surface area contributed by atoms with E-state index in [0.717, 1.165) is 13.2 Å². The van der Waals surface area contributed by atoms with Crippen molar-refractivity contribution >= 4 is 28.6 Å². The normalized spacial score (nSPS) is 10.5. The highest BCUT2D eigenvalue weighted by Gasteiger charge is 2.20. The number of hydrogen-bond donors (Lipinski definition) is 0. The van der Waals surface area contributed by atoms with Crippen molar-refractivity contribution in [1.29, 1.82) is 0 Å². The topological polar surface area (TPSA) is 39.2 Å². The van der Waals surface area contributed by atoms with Crippen LogP contribution in [0.15, 0.2) is 6.07 Å². The molecule has 0 aliphatic rings. The van der Waals surface area contributed by atoms with Crippen LogP contribution in [0, 0.1) is 9.52 Å². The van der Waals surface area contributed by atoms with Crippen LogP contribution in [-0.2, 0) is 4.74 Å². The number of methoxy groups -OCH3 is 1. The maximum Gasteiger partial charge on any atom is 0.339 e. The van der Waals surface area contributed by atoms with Gasteiger partial charge in [-0.3, -0.25) is 0 Å². The molecule has 0 aliphatic carbocycles. The third-order valence-corrected chi connectivity index (χ3v) is 2.59. The second-order valence-corrected chi connectivity index (χ2v) is 3.57. The number of esters is 1. The number of carbonyl (C=O) groups is 1. The molecule has 1 rings (SSSR count). The molecule has 0 amide bonds. The van der Waals surface area contributed by atoms with E-state index < -0.39 is 24.0 Å². The van der Waals surface area contributed by atoms with Gasteiger partial charge in [-0.15, -0.1) is 0 Å². The molecule has 0 bridgehead atoms. The Labute approximate surface area is 96.8 Å². The highest BCUT2D eigenvalue weighted by atomic mass is 127. The van der Waals surface area contributed by atoms with Gasteiger partial charge < -0.3 is 4.74 Å². The standard InChI is InChI=1S/C8H5F3INO2/c1-15-8(14)3-2-4(6(9)10)13-7(11)5(3)12/h2,6H,1H3. The maximum absolute atomic E-state index is 13.0. The lowest BCUT2D eigenvalue weighted by atomic mass is 10.2. The average Bonchev–Trinajstić information content (AvgIpc) is 2.20. The second kappa shape index (κ2) is 4.77. The number of pyridine rings is 1. The summed E-state index contributed by atoms with van der Waals surface area (Å²) in [5.74, 6) is -1.98. The number of nitrogens with zero attached hydrogens (tertiary/aromatic N) is 1. The summed E-state index contributed by atoms with van der Waals surface area (Å²) in [6, 6.07) is 0.821. The molecule has 0 N–H and O–H groups in total. The lowest BCUT2D eigenvalue weighted by molar-refractivity contribution is 0.0597. The van der Waals surface area contributed by atoms with Crippen LogP contribution in [0.2, 0.25) is 0 Å². The molecule has 0 radical (unpaired) electrons. The van der Waals surface area contributed by atoms with E-state index in [1.165, 1.54) is 22.6 Å². The molecule has 3 nitrogen and oxygen atoms in total. The second-order valence-electron chi connectivity index (χ2n) is 2.49. The van der Waals surface area contributed by atoms with Crippen LogP contribution in [0.4, 0.5) is 13.2 Å². The SMILES string of the molecule is COC(=O)c1cc(C(F)F)nc(F)c1I. The number of ether oxygens (including phenoxy) is 1. The van der Waals surface area contributed by atoms with E-state index in [-0.39, 0.29) is 9.13 Å². The van der Waals surface area contributed by atoms with E-state index >= 15 is 0 Å². The van der Waals surface area contributed by atoms with Gasteiger partial charge in [-0.2, -0.15) is 4.39 Å². The van der Waals surface area contributed by atoms with Gasteiger partial charge in [-0.05, 0) is 28.7 Å². The minimum atomic E-state index is -2.93. The summed E-state index contributed by atoms with van der Waals surface area (Å²) in [5, 5.41) is 0. The number of hydrogen-bond acceptors (Lipinski definition) is 3. The van der Waals surface area contributed by atoms with Crippen molar-refractivity contribution in [3.05, 3.63) is 26.8 Å². The summed E-state index contributed by atoms with van der Waals surface area (Å²) in [6.07, 6.45) is -2.93. The summed E-state index contributed by atoms with van der Waals surface area (Å²) < 4.78 is 41.7. The zero-order chi connectivity index (χ0) is 11.6. The van der Waals surface area contributed by atoms with Crippen LogP contribution in [0.3, 0.4) is 0 Å². The van der Waals surface area contributed by atoms with Crippen LogP contribution >= 0.6 is 22.6 Å². The minimum absolute atomic E-state index is 0.135. The Morgan fingerprint density at radius 3 is 2.67 bits per heavy atom. The smallest absolute Gasteiger partial charge is 0.339 e. The summed E-state index contributed by atoms with van der Waals surface area (Å²) >= 11 is 1.50. The Hall–Kier alpha value is -0.860. The number of carbonyl (C=O) groups excluding carboxylic acids is 1. The van der Waals surface area contributed by atoms with Crippen molar-refractivity contribution in [2.24, 2.45) is 0 Å². The first-order valence-corrected chi connectivity index (χ1v) is 4.77. The lowest BCUT2D eigenvalue weighted by Crippen LogP contribution is -2.09. The molecule has 0 unspecified atom stereocenters. The summed E-state index contributed by atoms with van der Waals surface area (Å²) in [5.41, 5.74) is -1.03. The van der Waals surface area contributed by atoms with Gasteiger partial charge in [0.1, 0.15) is 5.69 Å². The Morgan fingerprint density at radius 2 is 2.20 bits per heavy atom. The lowest BCUT2D eigenvalue weighted by Gasteiger charge is -2.05. The van der Waals surface area contributed by atoms with Crippen molar-refractivity contribution in [1.82, 2.24) is 4.98 Å². The zero-order valence-corrected chi connectivity index (χ0v) is 9.59. The maximum atomic E-state index is 13.0. The fourth-order valence-electron chi connectivity index (χ4n) is 0.887. The van der Waals surface area contributed by atoms with E-state index in [4.69, 9.17) is 0 Å². The third-order valence-electron chi connectivity index (χ3n) is 1.57. The van der Waals surface area contributed by atoms with Gasteiger partial charge in [0.15, 0.2) is 0 Å². The summed E-state index contributed by atoms with van der Waals surface area (Å²) in [4.78, 5) is 14.1. The van der Waals surface area contributed by atoms with Gasteiger partial charge in [-0.25, -0.2) is 18.6 Å². The predicted octanol–water partition coefficient (Wildman–Crippen LogP) is 2.55. The number of rotatable bonds is 2. The van der Waals surface area contributed by atoms with Crippen LogP contribution in [0.25, 0.3) is 0 Å². The van der Waals surface area contributed by atoms with E-state index in [9.17, 15) is 18.0 Å². The quantitative estimate of drug-likeness (QED) is 0.475. The van der Waals surface area contributed by atoms with Crippen molar-refractivity contribution < 1.29 is 22.7 Å². The molecule has 7 heteroatoms. The van der Waals surface area contributed by atoms with Crippen LogP contribution in [-0.4, -0.2) is 18.1 Å². The number of halogens is 4. The van der Waals surface area contributed by atoms with E-state index in [2.05, 4.69) is 9.72 Å². The molecule has 0 aromatic carbocycles. The highest BCUT2D eigenvalue weighted by molar-refractivity contribution is 14.1. The fraction of sp³-hybridized carbons (Fsp3) is 0.250. The molecule has 0 aliphatic heterocycles. The Morgan fingerprint density at radius 1 is 1.60 bits per heavy atom. The molecule has 1 aromatic rings. The molecule has 0 fully saturated rings. The molecule has 1 aromatic heterocycles. The van der Waals surface area contributed by atoms with Gasteiger partial charge in [0.05, 0.1) is 16.2 Å². The van der Waals surface area contributed by atoms with Gasteiger partial charge >= 0.3 is 5.97 Å². The predicted molar refractivity (Wildman–Crippen MR) is 53.2 cm³/mol. The molecule has 15 heavy (non-hydrogen) atoms. The fourth-order valence-corrected chi connectivity index (χ4v) is 1.38. The van der Waals surface area contributed by atoms with Gasteiger partial charge in [-0.1, -0.05) is 0 Å². The molecule has 0 atom stereocenters. The number of aromatic nitrogens is 1. The number of alkyl halides is 2. The Balaban J connectivity index is 3.31. The molecule has 82 valence electrons. The van der Waals surface area contributed by atoms with E-state index in [1.807, 2.05) is 0 Å². The van der Waals surface area contributed by atoms with E-state index in [1.54, 1.807) is 0 Å². The van der Waals surface area contributed by atoms with Crippen LogP contribution in [0.1, 0.15) is 22.5 Å². The molecule has 0 spiro atoms. The molecule has 1 heterocycles. The van der Waals surface area contributed by atoms with Gasteiger partial charge in [0, 0.05) is 0 Å². The molecular weight excluding hydrogens is 326 g/mol. The highest BCUT2D eigenvalue weighted by Crippen LogP contribution is 2.23. The largest absolute Gasteiger partial charge is 0.465 e. The van der Waals surface area contributed by atoms with Gasteiger partial charge in [0.2, 0.25) is 5.95 Å². The van der Waals surface area contributed by atoms with Crippen molar-refractivity contribution in [3.63, 3.8) is 0 Å². The first-order valence-electron chi connectivity index (χ1n) is 3.69. The molecule has 0 saturated heterocycles. The third kappa shape index (κ3) is 2.58. The Bertz CT molecular complexity index is 398. The summed E-state index contributed by atoms with van der Waals surface area (Å²) in [6.45, 7) is 0. The first-order chi connectivity index (χ1) is 6.97. The Kier molecular flexibility index (Phi) is 3.89. The zero-order valence-electron chi connectivity index (χ0n) is 7.43.